The van der Waals surface area contributed by atoms with Crippen molar-refractivity contribution in [2.24, 2.45) is 11.1 Å². The molecule has 19 heavy (non-hydrogen) atoms. The largest absolute Gasteiger partial charge is 0.377 e. The molecule has 3 N–H and O–H groups in total. The Kier molecular flexibility index (Phi) is 4.95. The average molecular weight is 263 g/mol. The standard InChI is InChI=1S/C15H25N3O/c1-11(17-10-15(2,3)14(16)19)12-8-6-7-9-13(12)18(4)5/h6-9,11,17H,10H2,1-5H3,(H2,16,19)/t11-/m0/s1. The molecule has 0 unspecified atom stereocenters. The maximum absolute atomic E-state index is 11.3. The van der Waals surface area contributed by atoms with Crippen molar-refractivity contribution in [3.63, 3.8) is 0 Å². The molecule has 1 atom stereocenters. The quantitative estimate of drug-likeness (QED) is 0.824. The van der Waals surface area contributed by atoms with Gasteiger partial charge in [0.05, 0.1) is 5.41 Å². The van der Waals surface area contributed by atoms with Crippen LogP contribution in [0.2, 0.25) is 0 Å². The number of amides is 1. The molecule has 4 heteroatoms. The van der Waals surface area contributed by atoms with Crippen molar-refractivity contribution < 1.29 is 4.79 Å². The number of nitrogens with one attached hydrogen (secondary N) is 1. The first kappa shape index (κ1) is 15.5. The second kappa shape index (κ2) is 6.06. The highest BCUT2D eigenvalue weighted by Gasteiger charge is 2.25. The van der Waals surface area contributed by atoms with E-state index in [9.17, 15) is 4.79 Å². The third-order valence-corrected chi connectivity index (χ3v) is 3.40. The molecule has 0 aliphatic rings. The van der Waals surface area contributed by atoms with Gasteiger partial charge in [-0.15, -0.1) is 0 Å². The molecule has 0 saturated heterocycles. The van der Waals surface area contributed by atoms with E-state index in [4.69, 9.17) is 5.73 Å². The number of primary amides is 1. The van der Waals surface area contributed by atoms with Crippen molar-refractivity contribution in [1.82, 2.24) is 5.32 Å². The van der Waals surface area contributed by atoms with E-state index in [0.717, 1.165) is 0 Å². The number of carbonyl (C=O) groups is 1. The summed E-state index contributed by atoms with van der Waals surface area (Å²) in [6.07, 6.45) is 0. The van der Waals surface area contributed by atoms with Gasteiger partial charge in [-0.25, -0.2) is 0 Å². The van der Waals surface area contributed by atoms with Gasteiger partial charge < -0.3 is 16.0 Å². The number of benzene rings is 1. The summed E-state index contributed by atoms with van der Waals surface area (Å²) < 4.78 is 0. The molecule has 0 heterocycles. The number of nitrogens with two attached hydrogens (primary N) is 1. The number of carbonyl (C=O) groups excluding carboxylic acids is 1. The highest BCUT2D eigenvalue weighted by molar-refractivity contribution is 5.80. The van der Waals surface area contributed by atoms with Gasteiger partial charge in [0.15, 0.2) is 0 Å². The summed E-state index contributed by atoms with van der Waals surface area (Å²) in [6, 6.07) is 8.41. The number of hydrogen-bond donors (Lipinski definition) is 2. The lowest BCUT2D eigenvalue weighted by Gasteiger charge is -2.26. The molecule has 4 nitrogen and oxygen atoms in total. The Labute approximate surface area is 116 Å². The van der Waals surface area contributed by atoms with Gasteiger partial charge in [0.25, 0.3) is 0 Å². The molecular weight excluding hydrogens is 238 g/mol. The van der Waals surface area contributed by atoms with Crippen LogP contribution in [0, 0.1) is 5.41 Å². The molecule has 0 aliphatic carbocycles. The van der Waals surface area contributed by atoms with Crippen LogP contribution >= 0.6 is 0 Å². The first-order valence-electron chi connectivity index (χ1n) is 6.55. The predicted molar refractivity (Wildman–Crippen MR) is 80.2 cm³/mol. The fourth-order valence-corrected chi connectivity index (χ4v) is 1.87. The van der Waals surface area contributed by atoms with Crippen molar-refractivity contribution in [2.75, 3.05) is 25.5 Å². The third-order valence-electron chi connectivity index (χ3n) is 3.40. The van der Waals surface area contributed by atoms with E-state index < -0.39 is 5.41 Å². The van der Waals surface area contributed by atoms with Crippen LogP contribution < -0.4 is 16.0 Å². The Morgan fingerprint density at radius 2 is 1.95 bits per heavy atom. The monoisotopic (exact) mass is 263 g/mol. The molecule has 1 rings (SSSR count). The van der Waals surface area contributed by atoms with Crippen LogP contribution in [0.5, 0.6) is 0 Å². The van der Waals surface area contributed by atoms with Gasteiger partial charge in [-0.3, -0.25) is 4.79 Å². The van der Waals surface area contributed by atoms with E-state index in [1.165, 1.54) is 11.3 Å². The van der Waals surface area contributed by atoms with Crippen molar-refractivity contribution in [3.8, 4) is 0 Å². The minimum absolute atomic E-state index is 0.164. The van der Waals surface area contributed by atoms with Gasteiger partial charge in [0, 0.05) is 32.4 Å². The molecule has 0 fully saturated rings. The number of hydrogen-bond acceptors (Lipinski definition) is 3. The van der Waals surface area contributed by atoms with Gasteiger partial charge in [0.2, 0.25) is 5.91 Å². The van der Waals surface area contributed by atoms with Crippen molar-refractivity contribution in [3.05, 3.63) is 29.8 Å². The molecule has 0 saturated carbocycles. The zero-order chi connectivity index (χ0) is 14.6. The summed E-state index contributed by atoms with van der Waals surface area (Å²) in [7, 11) is 4.05. The Hall–Kier alpha value is -1.55. The summed E-state index contributed by atoms with van der Waals surface area (Å²) in [5, 5.41) is 3.39. The molecule has 0 spiro atoms. The van der Waals surface area contributed by atoms with E-state index in [-0.39, 0.29) is 11.9 Å². The van der Waals surface area contributed by atoms with Gasteiger partial charge in [0.1, 0.15) is 0 Å². The zero-order valence-corrected chi connectivity index (χ0v) is 12.5. The fourth-order valence-electron chi connectivity index (χ4n) is 1.87. The minimum atomic E-state index is -0.540. The van der Waals surface area contributed by atoms with Crippen LogP contribution in [0.1, 0.15) is 32.4 Å². The first-order chi connectivity index (χ1) is 8.75. The predicted octanol–water partition coefficient (Wildman–Crippen LogP) is 1.91. The van der Waals surface area contributed by atoms with Crippen LogP contribution in [0.3, 0.4) is 0 Å². The lowest BCUT2D eigenvalue weighted by Crippen LogP contribution is -2.41. The second-order valence-corrected chi connectivity index (χ2v) is 5.80. The summed E-state index contributed by atoms with van der Waals surface area (Å²) in [5.41, 5.74) is 7.24. The molecule has 106 valence electrons. The summed E-state index contributed by atoms with van der Waals surface area (Å²) in [4.78, 5) is 13.4. The van der Waals surface area contributed by atoms with E-state index in [1.807, 2.05) is 40.1 Å². The molecule has 0 aromatic heterocycles. The molecule has 1 aromatic carbocycles. The second-order valence-electron chi connectivity index (χ2n) is 5.80. The SMILES string of the molecule is C[C@H](NCC(C)(C)C(N)=O)c1ccccc1N(C)C. The van der Waals surface area contributed by atoms with Crippen LogP contribution in [-0.4, -0.2) is 26.5 Å². The van der Waals surface area contributed by atoms with E-state index >= 15 is 0 Å². The van der Waals surface area contributed by atoms with Gasteiger partial charge in [-0.2, -0.15) is 0 Å². The summed E-state index contributed by atoms with van der Waals surface area (Å²) >= 11 is 0. The smallest absolute Gasteiger partial charge is 0.224 e. The van der Waals surface area contributed by atoms with Crippen LogP contribution in [0.25, 0.3) is 0 Å². The Morgan fingerprint density at radius 3 is 2.47 bits per heavy atom. The Balaban J connectivity index is 2.79. The van der Waals surface area contributed by atoms with Crippen LogP contribution in [0.15, 0.2) is 24.3 Å². The maximum atomic E-state index is 11.3. The molecule has 0 aliphatic heterocycles. The average Bonchev–Trinajstić information content (AvgIpc) is 2.35. The molecule has 0 bridgehead atoms. The number of para-hydroxylation sites is 1. The Bertz CT molecular complexity index is 441. The van der Waals surface area contributed by atoms with Crippen molar-refractivity contribution in [2.45, 2.75) is 26.8 Å². The number of anilines is 1. The molecule has 0 radical (unpaired) electrons. The van der Waals surface area contributed by atoms with Gasteiger partial charge in [-0.05, 0) is 32.4 Å². The molecular formula is C15H25N3O. The number of rotatable bonds is 6. The lowest BCUT2D eigenvalue weighted by molar-refractivity contribution is -0.125. The van der Waals surface area contributed by atoms with E-state index in [2.05, 4.69) is 29.3 Å². The zero-order valence-electron chi connectivity index (χ0n) is 12.5. The summed E-state index contributed by atoms with van der Waals surface area (Å²) in [6.45, 7) is 6.37. The number of nitrogens with zero attached hydrogens (tertiary/aromatic N) is 1. The van der Waals surface area contributed by atoms with Gasteiger partial charge in [-0.1, -0.05) is 18.2 Å². The van der Waals surface area contributed by atoms with E-state index in [1.54, 1.807) is 0 Å². The molecule has 1 amide bonds. The fraction of sp³-hybridized carbons (Fsp3) is 0.533. The molecule has 1 aromatic rings. The summed E-state index contributed by atoms with van der Waals surface area (Å²) in [5.74, 6) is -0.284. The highest BCUT2D eigenvalue weighted by Crippen LogP contribution is 2.25. The lowest BCUT2D eigenvalue weighted by atomic mass is 9.92. The van der Waals surface area contributed by atoms with E-state index in [0.29, 0.717) is 6.54 Å². The normalized spacial score (nSPS) is 13.1. The van der Waals surface area contributed by atoms with Crippen LogP contribution in [0.4, 0.5) is 5.69 Å². The van der Waals surface area contributed by atoms with Crippen molar-refractivity contribution >= 4 is 11.6 Å². The minimum Gasteiger partial charge on any atom is -0.377 e. The highest BCUT2D eigenvalue weighted by atomic mass is 16.1. The Morgan fingerprint density at radius 1 is 1.37 bits per heavy atom. The maximum Gasteiger partial charge on any atom is 0.224 e. The van der Waals surface area contributed by atoms with Crippen LogP contribution in [-0.2, 0) is 4.79 Å². The van der Waals surface area contributed by atoms with Gasteiger partial charge >= 0.3 is 0 Å². The topological polar surface area (TPSA) is 58.4 Å². The third kappa shape index (κ3) is 3.96. The van der Waals surface area contributed by atoms with Crippen molar-refractivity contribution in [1.29, 1.82) is 0 Å². The first-order valence-corrected chi connectivity index (χ1v) is 6.55.